The van der Waals surface area contributed by atoms with E-state index in [1.165, 1.54) is 47.7 Å². The Morgan fingerprint density at radius 3 is 2.25 bits per heavy atom. The number of ether oxygens (including phenoxy) is 1. The predicted molar refractivity (Wildman–Crippen MR) is 139 cm³/mol. The van der Waals surface area contributed by atoms with E-state index in [0.717, 1.165) is 29.7 Å². The van der Waals surface area contributed by atoms with Crippen LogP contribution >= 0.6 is 11.3 Å². The number of rotatable bonds is 7. The fourth-order valence-corrected chi connectivity index (χ4v) is 6.69. The van der Waals surface area contributed by atoms with Crippen molar-refractivity contribution in [1.82, 2.24) is 0 Å². The molecule has 1 aliphatic rings. The lowest BCUT2D eigenvalue weighted by molar-refractivity contribution is 0.102. The first kappa shape index (κ1) is 24.0. The van der Waals surface area contributed by atoms with Gasteiger partial charge in [0.2, 0.25) is 0 Å². The van der Waals surface area contributed by atoms with Crippen molar-refractivity contribution in [2.75, 3.05) is 10.0 Å². The number of hydrogen-bond acceptors (Lipinski definition) is 5. The summed E-state index contributed by atoms with van der Waals surface area (Å²) in [5, 5.41) is 3.05. The van der Waals surface area contributed by atoms with Crippen molar-refractivity contribution in [3.05, 3.63) is 101 Å². The van der Waals surface area contributed by atoms with E-state index in [9.17, 15) is 17.6 Å². The maximum Gasteiger partial charge on any atom is 0.262 e. The van der Waals surface area contributed by atoms with Crippen LogP contribution in [-0.4, -0.2) is 14.3 Å². The molecule has 2 N–H and O–H groups in total. The molecule has 1 heterocycles. The Balaban J connectivity index is 1.40. The Hall–Kier alpha value is -3.69. The van der Waals surface area contributed by atoms with E-state index in [2.05, 4.69) is 10.0 Å². The molecule has 0 bridgehead atoms. The molecular weight excluding hydrogens is 499 g/mol. The van der Waals surface area contributed by atoms with Crippen molar-refractivity contribution in [3.8, 4) is 11.5 Å². The molecule has 1 amide bonds. The van der Waals surface area contributed by atoms with Crippen molar-refractivity contribution in [2.45, 2.75) is 30.6 Å². The second kappa shape index (κ2) is 10.1. The molecule has 1 aromatic heterocycles. The number of fused-ring (bicyclic) bond motifs is 1. The number of para-hydroxylation sites is 1. The Morgan fingerprint density at radius 1 is 0.861 bits per heavy atom. The van der Waals surface area contributed by atoms with Gasteiger partial charge in [-0.15, -0.1) is 11.3 Å². The third-order valence-electron chi connectivity index (χ3n) is 5.84. The van der Waals surface area contributed by atoms with Gasteiger partial charge in [0, 0.05) is 10.6 Å². The SMILES string of the molecule is O=C(Nc1ccc(F)cc1)c1c(NS(=O)(=O)c2ccc(Oc3ccccc3)cc2)sc2c1CCCC2. The summed E-state index contributed by atoms with van der Waals surface area (Å²) in [7, 11) is -3.96. The zero-order chi connectivity index (χ0) is 25.1. The number of carbonyl (C=O) groups excluding carboxylic acids is 1. The Kier molecular flexibility index (Phi) is 6.75. The van der Waals surface area contributed by atoms with Crippen LogP contribution in [0.2, 0.25) is 0 Å². The number of sulfonamides is 1. The molecule has 0 saturated heterocycles. The summed E-state index contributed by atoms with van der Waals surface area (Å²) in [6, 6.07) is 20.7. The smallest absolute Gasteiger partial charge is 0.262 e. The van der Waals surface area contributed by atoms with Crippen LogP contribution in [0, 0.1) is 5.82 Å². The molecular formula is C27H23FN2O4S2. The van der Waals surface area contributed by atoms with Gasteiger partial charge in [0.15, 0.2) is 0 Å². The highest BCUT2D eigenvalue weighted by Gasteiger charge is 2.28. The molecule has 9 heteroatoms. The largest absolute Gasteiger partial charge is 0.457 e. The number of halogens is 1. The Bertz CT molecular complexity index is 1480. The molecule has 0 saturated carbocycles. The summed E-state index contributed by atoms with van der Waals surface area (Å²) in [5.74, 6) is 0.318. The highest BCUT2D eigenvalue weighted by molar-refractivity contribution is 7.93. The van der Waals surface area contributed by atoms with Gasteiger partial charge in [-0.1, -0.05) is 18.2 Å². The third-order valence-corrected chi connectivity index (χ3v) is 8.54. The molecule has 0 radical (unpaired) electrons. The molecule has 6 nitrogen and oxygen atoms in total. The molecule has 0 aliphatic heterocycles. The molecule has 3 aromatic carbocycles. The lowest BCUT2D eigenvalue weighted by Crippen LogP contribution is -2.19. The summed E-state index contributed by atoms with van der Waals surface area (Å²) in [6.45, 7) is 0. The monoisotopic (exact) mass is 522 g/mol. The molecule has 0 unspecified atom stereocenters. The number of aryl methyl sites for hydroxylation is 1. The average Bonchev–Trinajstić information content (AvgIpc) is 3.23. The summed E-state index contributed by atoms with van der Waals surface area (Å²) < 4.78 is 48.1. The van der Waals surface area contributed by atoms with Gasteiger partial charge in [-0.2, -0.15) is 0 Å². The predicted octanol–water partition coefficient (Wildman–Crippen LogP) is 6.61. The summed E-state index contributed by atoms with van der Waals surface area (Å²) in [6.07, 6.45) is 3.41. The minimum Gasteiger partial charge on any atom is -0.457 e. The number of carbonyl (C=O) groups is 1. The normalized spacial score (nSPS) is 13.0. The van der Waals surface area contributed by atoms with E-state index in [4.69, 9.17) is 4.74 Å². The van der Waals surface area contributed by atoms with Crippen LogP contribution in [0.3, 0.4) is 0 Å². The fourth-order valence-electron chi connectivity index (χ4n) is 4.10. The molecule has 0 fully saturated rings. The van der Waals surface area contributed by atoms with Gasteiger partial charge >= 0.3 is 0 Å². The fraction of sp³-hybridized carbons (Fsp3) is 0.148. The zero-order valence-electron chi connectivity index (χ0n) is 19.2. The molecule has 5 rings (SSSR count). The highest BCUT2D eigenvalue weighted by atomic mass is 32.2. The van der Waals surface area contributed by atoms with Crippen molar-refractivity contribution >= 4 is 38.0 Å². The summed E-state index contributed by atoms with van der Waals surface area (Å²) >= 11 is 1.29. The zero-order valence-corrected chi connectivity index (χ0v) is 20.8. The van der Waals surface area contributed by atoms with Crippen molar-refractivity contribution in [1.29, 1.82) is 0 Å². The van der Waals surface area contributed by atoms with Gasteiger partial charge in [-0.3, -0.25) is 9.52 Å². The number of nitrogens with one attached hydrogen (secondary N) is 2. The quantitative estimate of drug-likeness (QED) is 0.286. The minimum atomic E-state index is -3.96. The highest BCUT2D eigenvalue weighted by Crippen LogP contribution is 2.39. The third kappa shape index (κ3) is 5.27. The van der Waals surface area contributed by atoms with E-state index < -0.39 is 21.7 Å². The van der Waals surface area contributed by atoms with Crippen molar-refractivity contribution in [2.24, 2.45) is 0 Å². The molecule has 36 heavy (non-hydrogen) atoms. The van der Waals surface area contributed by atoms with Crippen LogP contribution in [0.25, 0.3) is 0 Å². The topological polar surface area (TPSA) is 84.5 Å². The van der Waals surface area contributed by atoms with E-state index in [1.54, 1.807) is 12.1 Å². The number of anilines is 2. The first-order valence-electron chi connectivity index (χ1n) is 11.5. The first-order chi connectivity index (χ1) is 17.4. The van der Waals surface area contributed by atoms with Crippen molar-refractivity contribution < 1.29 is 22.3 Å². The Morgan fingerprint density at radius 2 is 1.53 bits per heavy atom. The maximum atomic E-state index is 13.3. The van der Waals surface area contributed by atoms with E-state index in [0.29, 0.717) is 29.2 Å². The van der Waals surface area contributed by atoms with Crippen LogP contribution in [0.1, 0.15) is 33.6 Å². The number of benzene rings is 3. The van der Waals surface area contributed by atoms with Gasteiger partial charge in [-0.25, -0.2) is 12.8 Å². The molecule has 0 atom stereocenters. The van der Waals surface area contributed by atoms with E-state index >= 15 is 0 Å². The van der Waals surface area contributed by atoms with Gasteiger partial charge in [0.1, 0.15) is 22.3 Å². The lowest BCUT2D eigenvalue weighted by Gasteiger charge is -2.14. The van der Waals surface area contributed by atoms with Gasteiger partial charge in [0.05, 0.1) is 10.5 Å². The van der Waals surface area contributed by atoms with Gasteiger partial charge in [-0.05, 0) is 91.9 Å². The molecule has 1 aliphatic carbocycles. The lowest BCUT2D eigenvalue weighted by atomic mass is 9.95. The maximum absolute atomic E-state index is 13.3. The summed E-state index contributed by atoms with van der Waals surface area (Å²) in [4.78, 5) is 14.3. The first-order valence-corrected chi connectivity index (χ1v) is 13.8. The van der Waals surface area contributed by atoms with E-state index in [-0.39, 0.29) is 9.90 Å². The second-order valence-corrected chi connectivity index (χ2v) is 11.2. The molecule has 184 valence electrons. The van der Waals surface area contributed by atoms with Crippen molar-refractivity contribution in [3.63, 3.8) is 0 Å². The minimum absolute atomic E-state index is 0.0548. The number of thiophene rings is 1. The Labute approximate surface area is 212 Å². The van der Waals surface area contributed by atoms with E-state index in [1.807, 2.05) is 30.3 Å². The standard InChI is InChI=1S/C27H23FN2O4S2/c28-18-10-12-19(13-11-18)29-26(31)25-23-8-4-5-9-24(23)35-27(25)30-36(32,33)22-16-14-21(15-17-22)34-20-6-2-1-3-7-20/h1-3,6-7,10-17,30H,4-5,8-9H2,(H,29,31). The van der Waals surface area contributed by atoms with Gasteiger partial charge < -0.3 is 10.1 Å². The van der Waals surface area contributed by atoms with Crippen LogP contribution in [-0.2, 0) is 22.9 Å². The second-order valence-electron chi connectivity index (χ2n) is 8.37. The van der Waals surface area contributed by atoms with Crippen LogP contribution in [0.5, 0.6) is 11.5 Å². The number of amides is 1. The van der Waals surface area contributed by atoms with Crippen LogP contribution < -0.4 is 14.8 Å². The average molecular weight is 523 g/mol. The molecule has 0 spiro atoms. The van der Waals surface area contributed by atoms with Crippen LogP contribution in [0.15, 0.2) is 83.8 Å². The summed E-state index contributed by atoms with van der Waals surface area (Å²) in [5.41, 5.74) is 1.63. The molecule has 4 aromatic rings. The van der Waals surface area contributed by atoms with Gasteiger partial charge in [0.25, 0.3) is 15.9 Å². The van der Waals surface area contributed by atoms with Crippen LogP contribution in [0.4, 0.5) is 15.1 Å². The number of hydrogen-bond donors (Lipinski definition) is 2.